The summed E-state index contributed by atoms with van der Waals surface area (Å²) in [7, 11) is 0. The maximum absolute atomic E-state index is 14.0. The highest BCUT2D eigenvalue weighted by molar-refractivity contribution is 7.08. The first-order chi connectivity index (χ1) is 11.1. The first kappa shape index (κ1) is 15.2. The molecule has 0 fully saturated rings. The number of hydrogen-bond acceptors (Lipinski definition) is 4. The minimum atomic E-state index is -0.410. The molecule has 0 aliphatic rings. The van der Waals surface area contributed by atoms with Gasteiger partial charge >= 0.3 is 0 Å². The van der Waals surface area contributed by atoms with Crippen molar-refractivity contribution in [3.63, 3.8) is 0 Å². The van der Waals surface area contributed by atoms with E-state index in [9.17, 15) is 9.65 Å². The molecule has 1 heterocycles. The van der Waals surface area contributed by atoms with Crippen LogP contribution in [-0.4, -0.2) is 4.37 Å². The summed E-state index contributed by atoms with van der Waals surface area (Å²) in [6.07, 6.45) is 0. The largest absolute Gasteiger partial charge is 0.443 e. The fourth-order valence-electron chi connectivity index (χ4n) is 2.20. The fourth-order valence-corrected chi connectivity index (χ4v) is 2.92. The molecule has 0 aliphatic heterocycles. The van der Waals surface area contributed by atoms with Gasteiger partial charge in [0.1, 0.15) is 28.9 Å². The molecular formula is C18H13FN2OS. The summed E-state index contributed by atoms with van der Waals surface area (Å²) < 4.78 is 24.0. The number of benzene rings is 2. The molecule has 0 saturated heterocycles. The Balaban J connectivity index is 2.04. The summed E-state index contributed by atoms with van der Waals surface area (Å²) in [5, 5.41) is 9.83. The van der Waals surface area contributed by atoms with Crippen LogP contribution in [0, 0.1) is 31.0 Å². The van der Waals surface area contributed by atoms with Crippen molar-refractivity contribution in [3.05, 3.63) is 65.0 Å². The third-order valence-corrected chi connectivity index (χ3v) is 4.17. The Kier molecular flexibility index (Phi) is 4.09. The number of rotatable bonds is 3. The summed E-state index contributed by atoms with van der Waals surface area (Å²) in [6, 6.07) is 14.2. The standard InChI is InChI=1S/C18H13FN2OS/c1-11-7-8-12(2)16(9-11)22-18-14(10-20)17(21-23-18)13-5-3-4-6-15(13)19/h3-9H,1-2H3. The van der Waals surface area contributed by atoms with Crippen LogP contribution in [0.3, 0.4) is 0 Å². The molecule has 0 atom stereocenters. The molecular weight excluding hydrogens is 311 g/mol. The molecule has 3 rings (SSSR count). The van der Waals surface area contributed by atoms with Crippen LogP contribution in [0.4, 0.5) is 4.39 Å². The highest BCUT2D eigenvalue weighted by Gasteiger charge is 2.20. The summed E-state index contributed by atoms with van der Waals surface area (Å²) in [6.45, 7) is 3.90. The molecule has 0 N–H and O–H groups in total. The molecule has 2 aromatic carbocycles. The summed E-state index contributed by atoms with van der Waals surface area (Å²) >= 11 is 1.05. The Morgan fingerprint density at radius 1 is 1.17 bits per heavy atom. The lowest BCUT2D eigenvalue weighted by atomic mass is 10.1. The van der Waals surface area contributed by atoms with Crippen LogP contribution in [0.2, 0.25) is 0 Å². The number of aryl methyl sites for hydroxylation is 2. The predicted octanol–water partition coefficient (Wildman–Crippen LogP) is 5.23. The zero-order chi connectivity index (χ0) is 16.4. The molecule has 114 valence electrons. The molecule has 1 aromatic heterocycles. The Labute approximate surface area is 137 Å². The Hall–Kier alpha value is -2.71. The Bertz CT molecular complexity index is 912. The average molecular weight is 324 g/mol. The van der Waals surface area contributed by atoms with Crippen LogP contribution >= 0.6 is 11.5 Å². The number of hydrogen-bond donors (Lipinski definition) is 0. The number of ether oxygens (including phenoxy) is 1. The van der Waals surface area contributed by atoms with Crippen LogP contribution < -0.4 is 4.74 Å². The minimum absolute atomic E-state index is 0.251. The second-order valence-electron chi connectivity index (χ2n) is 5.16. The number of nitrogens with zero attached hydrogens (tertiary/aromatic N) is 2. The van der Waals surface area contributed by atoms with Crippen molar-refractivity contribution < 1.29 is 9.13 Å². The SMILES string of the molecule is Cc1ccc(C)c(Oc2snc(-c3ccccc3F)c2C#N)c1. The first-order valence-electron chi connectivity index (χ1n) is 7.00. The van der Waals surface area contributed by atoms with Gasteiger partial charge in [-0.1, -0.05) is 24.3 Å². The third-order valence-electron chi connectivity index (χ3n) is 3.45. The van der Waals surface area contributed by atoms with E-state index in [2.05, 4.69) is 10.4 Å². The van der Waals surface area contributed by atoms with Crippen molar-refractivity contribution in [1.82, 2.24) is 4.37 Å². The van der Waals surface area contributed by atoms with E-state index in [4.69, 9.17) is 4.74 Å². The van der Waals surface area contributed by atoms with Gasteiger partial charge in [-0.05, 0) is 43.2 Å². The smallest absolute Gasteiger partial charge is 0.218 e. The molecule has 0 unspecified atom stereocenters. The lowest BCUT2D eigenvalue weighted by Gasteiger charge is -2.07. The summed E-state index contributed by atoms with van der Waals surface area (Å²) in [5.41, 5.74) is 2.89. The molecule has 0 bridgehead atoms. The maximum Gasteiger partial charge on any atom is 0.218 e. The van der Waals surface area contributed by atoms with Crippen molar-refractivity contribution in [2.75, 3.05) is 0 Å². The first-order valence-corrected chi connectivity index (χ1v) is 7.77. The molecule has 0 amide bonds. The quantitative estimate of drug-likeness (QED) is 0.662. The highest BCUT2D eigenvalue weighted by atomic mass is 32.1. The number of aromatic nitrogens is 1. The molecule has 0 spiro atoms. The van der Waals surface area contributed by atoms with E-state index in [0.29, 0.717) is 22.1 Å². The van der Waals surface area contributed by atoms with Gasteiger partial charge in [-0.15, -0.1) is 0 Å². The maximum atomic E-state index is 14.0. The van der Waals surface area contributed by atoms with Gasteiger partial charge in [0, 0.05) is 17.1 Å². The van der Waals surface area contributed by atoms with Gasteiger partial charge in [0.25, 0.3) is 0 Å². The normalized spacial score (nSPS) is 10.3. The van der Waals surface area contributed by atoms with E-state index in [1.165, 1.54) is 6.07 Å². The minimum Gasteiger partial charge on any atom is -0.443 e. The van der Waals surface area contributed by atoms with E-state index in [1.807, 2.05) is 32.0 Å². The number of halogens is 1. The highest BCUT2D eigenvalue weighted by Crippen LogP contribution is 2.38. The van der Waals surface area contributed by atoms with E-state index in [0.717, 1.165) is 22.7 Å². The van der Waals surface area contributed by atoms with Crippen molar-refractivity contribution in [3.8, 4) is 28.1 Å². The Morgan fingerprint density at radius 3 is 2.70 bits per heavy atom. The third kappa shape index (κ3) is 2.94. The molecule has 23 heavy (non-hydrogen) atoms. The van der Waals surface area contributed by atoms with Crippen molar-refractivity contribution >= 4 is 11.5 Å². The van der Waals surface area contributed by atoms with Gasteiger partial charge in [-0.2, -0.15) is 9.64 Å². The van der Waals surface area contributed by atoms with Crippen LogP contribution in [0.5, 0.6) is 10.8 Å². The second kappa shape index (κ2) is 6.19. The van der Waals surface area contributed by atoms with Gasteiger partial charge in [0.05, 0.1) is 0 Å². The lowest BCUT2D eigenvalue weighted by Crippen LogP contribution is -1.90. The molecule has 0 radical (unpaired) electrons. The van der Waals surface area contributed by atoms with Crippen LogP contribution in [0.15, 0.2) is 42.5 Å². The predicted molar refractivity (Wildman–Crippen MR) is 88.2 cm³/mol. The van der Waals surface area contributed by atoms with Crippen molar-refractivity contribution in [2.45, 2.75) is 13.8 Å². The van der Waals surface area contributed by atoms with E-state index >= 15 is 0 Å². The van der Waals surface area contributed by atoms with E-state index in [1.54, 1.807) is 18.2 Å². The van der Waals surface area contributed by atoms with Crippen LogP contribution in [0.25, 0.3) is 11.3 Å². The molecule has 0 aliphatic carbocycles. The molecule has 0 saturated carbocycles. The summed E-state index contributed by atoms with van der Waals surface area (Å²) in [5.74, 6) is 0.262. The molecule has 3 aromatic rings. The van der Waals surface area contributed by atoms with Crippen molar-refractivity contribution in [1.29, 1.82) is 5.26 Å². The zero-order valence-electron chi connectivity index (χ0n) is 12.6. The Morgan fingerprint density at radius 2 is 1.96 bits per heavy atom. The topological polar surface area (TPSA) is 45.9 Å². The summed E-state index contributed by atoms with van der Waals surface area (Å²) in [4.78, 5) is 0. The van der Waals surface area contributed by atoms with E-state index in [-0.39, 0.29) is 5.56 Å². The van der Waals surface area contributed by atoms with Crippen LogP contribution in [0.1, 0.15) is 16.7 Å². The number of nitriles is 1. The zero-order valence-corrected chi connectivity index (χ0v) is 13.4. The average Bonchev–Trinajstić information content (AvgIpc) is 2.94. The van der Waals surface area contributed by atoms with Gasteiger partial charge in [-0.3, -0.25) is 0 Å². The van der Waals surface area contributed by atoms with Gasteiger partial charge < -0.3 is 4.74 Å². The van der Waals surface area contributed by atoms with E-state index < -0.39 is 5.82 Å². The lowest BCUT2D eigenvalue weighted by molar-refractivity contribution is 0.491. The fraction of sp³-hybridized carbons (Fsp3) is 0.111. The van der Waals surface area contributed by atoms with Gasteiger partial charge in [0.2, 0.25) is 5.06 Å². The van der Waals surface area contributed by atoms with Crippen molar-refractivity contribution in [2.24, 2.45) is 0 Å². The molecule has 5 heteroatoms. The second-order valence-corrected chi connectivity index (χ2v) is 5.89. The van der Waals surface area contributed by atoms with Gasteiger partial charge in [0.15, 0.2) is 0 Å². The van der Waals surface area contributed by atoms with Gasteiger partial charge in [-0.25, -0.2) is 4.39 Å². The van der Waals surface area contributed by atoms with Crippen LogP contribution in [-0.2, 0) is 0 Å². The monoisotopic (exact) mass is 324 g/mol. The molecule has 3 nitrogen and oxygen atoms in total.